The fourth-order valence-electron chi connectivity index (χ4n) is 2.95. The predicted octanol–water partition coefficient (Wildman–Crippen LogP) is 4.25. The lowest BCUT2D eigenvalue weighted by Gasteiger charge is -2.15. The number of ether oxygens (including phenoxy) is 2. The number of halogens is 1. The van der Waals surface area contributed by atoms with Crippen LogP contribution in [0.15, 0.2) is 45.8 Å². The van der Waals surface area contributed by atoms with Crippen molar-refractivity contribution in [3.8, 4) is 11.5 Å². The van der Waals surface area contributed by atoms with Gasteiger partial charge in [0.05, 0.1) is 21.5 Å². The van der Waals surface area contributed by atoms with Gasteiger partial charge in [-0.25, -0.2) is 4.79 Å². The van der Waals surface area contributed by atoms with Gasteiger partial charge in [0.2, 0.25) is 0 Å². The Morgan fingerprint density at radius 3 is 2.58 bits per heavy atom. The van der Waals surface area contributed by atoms with E-state index in [1.54, 1.807) is 31.2 Å². The second kappa shape index (κ2) is 10.5. The number of carbonyl (C=O) groups is 4. The fraction of sp³-hybridized carbons (Fsp3) is 0.182. The highest BCUT2D eigenvalue weighted by molar-refractivity contribution is 9.10. The number of nitrogens with zero attached hydrogens (tertiary/aromatic N) is 1. The van der Waals surface area contributed by atoms with Gasteiger partial charge in [0.25, 0.3) is 11.1 Å². The minimum Gasteiger partial charge on any atom is -0.490 e. The van der Waals surface area contributed by atoms with Crippen LogP contribution in [0.25, 0.3) is 6.08 Å². The van der Waals surface area contributed by atoms with E-state index < -0.39 is 29.6 Å². The highest BCUT2D eigenvalue weighted by Crippen LogP contribution is 2.39. The Morgan fingerprint density at radius 1 is 1.15 bits per heavy atom. The summed E-state index contributed by atoms with van der Waals surface area (Å²) < 4.78 is 12.1. The lowest BCUT2D eigenvalue weighted by atomic mass is 10.1. The standard InChI is InChI=1S/C22H18BrNO8S/c1-2-31-16-8-13(9-17-20(27)24(10-18(25)26)22(30)33-17)7-15(23)19(16)32-11-12-4-3-5-14(6-12)21(28)29/h3-9H,2,10-11H2,1H3,(H,25,26)(H,28,29)/b17-9+. The molecule has 0 spiro atoms. The van der Waals surface area contributed by atoms with Crippen molar-refractivity contribution in [3.05, 3.63) is 62.5 Å². The topological polar surface area (TPSA) is 130 Å². The average Bonchev–Trinajstić information content (AvgIpc) is 3.00. The quantitative estimate of drug-likeness (QED) is 0.452. The molecule has 0 bridgehead atoms. The Labute approximate surface area is 201 Å². The SMILES string of the molecule is CCOc1cc(/C=C2/SC(=O)N(CC(=O)O)C2=O)cc(Br)c1OCc1cccc(C(=O)O)c1. The van der Waals surface area contributed by atoms with E-state index in [9.17, 15) is 19.2 Å². The number of thioether (sulfide) groups is 1. The number of hydrogen-bond acceptors (Lipinski definition) is 7. The smallest absolute Gasteiger partial charge is 0.335 e. The molecule has 0 aliphatic carbocycles. The van der Waals surface area contributed by atoms with Gasteiger partial charge in [-0.1, -0.05) is 12.1 Å². The number of aromatic carboxylic acids is 1. The van der Waals surface area contributed by atoms with Gasteiger partial charge in [0, 0.05) is 0 Å². The van der Waals surface area contributed by atoms with E-state index in [0.717, 1.165) is 0 Å². The molecule has 1 fully saturated rings. The van der Waals surface area contributed by atoms with Gasteiger partial charge >= 0.3 is 11.9 Å². The monoisotopic (exact) mass is 535 g/mol. The molecule has 2 amide bonds. The molecule has 2 aromatic carbocycles. The zero-order chi connectivity index (χ0) is 24.1. The van der Waals surface area contributed by atoms with Crippen molar-refractivity contribution in [2.45, 2.75) is 13.5 Å². The van der Waals surface area contributed by atoms with E-state index in [1.807, 2.05) is 0 Å². The summed E-state index contributed by atoms with van der Waals surface area (Å²) in [5.41, 5.74) is 1.33. The number of carboxylic acids is 2. The van der Waals surface area contributed by atoms with Gasteiger partial charge in [-0.05, 0) is 76.1 Å². The van der Waals surface area contributed by atoms with Crippen molar-refractivity contribution in [2.24, 2.45) is 0 Å². The van der Waals surface area contributed by atoms with E-state index in [0.29, 0.717) is 50.4 Å². The third-order valence-electron chi connectivity index (χ3n) is 4.35. The number of imide groups is 1. The molecule has 2 aromatic rings. The van der Waals surface area contributed by atoms with Crippen LogP contribution in [0.2, 0.25) is 0 Å². The molecule has 0 atom stereocenters. The van der Waals surface area contributed by atoms with Crippen LogP contribution in [-0.4, -0.2) is 51.3 Å². The van der Waals surface area contributed by atoms with Crippen LogP contribution >= 0.6 is 27.7 Å². The third-order valence-corrected chi connectivity index (χ3v) is 5.85. The molecule has 0 saturated carbocycles. The van der Waals surface area contributed by atoms with Gasteiger partial charge in [-0.3, -0.25) is 19.3 Å². The molecule has 11 heteroatoms. The average molecular weight is 536 g/mol. The van der Waals surface area contributed by atoms with Crippen LogP contribution in [0, 0.1) is 0 Å². The summed E-state index contributed by atoms with van der Waals surface area (Å²) in [5.74, 6) is -2.24. The highest BCUT2D eigenvalue weighted by atomic mass is 79.9. The summed E-state index contributed by atoms with van der Waals surface area (Å²) in [5, 5.41) is 17.4. The van der Waals surface area contributed by atoms with E-state index in [4.69, 9.17) is 19.7 Å². The zero-order valence-corrected chi connectivity index (χ0v) is 19.6. The van der Waals surface area contributed by atoms with Crippen molar-refractivity contribution < 1.29 is 38.9 Å². The van der Waals surface area contributed by atoms with Crippen LogP contribution in [0.3, 0.4) is 0 Å². The maximum atomic E-state index is 12.4. The summed E-state index contributed by atoms with van der Waals surface area (Å²) in [4.78, 5) is 47.2. The Hall–Kier alpha value is -3.31. The summed E-state index contributed by atoms with van der Waals surface area (Å²) in [6.45, 7) is 1.51. The van der Waals surface area contributed by atoms with E-state index in [-0.39, 0.29) is 17.1 Å². The van der Waals surface area contributed by atoms with Crippen molar-refractivity contribution in [1.29, 1.82) is 0 Å². The second-order valence-corrected chi connectivity index (χ2v) is 8.57. The molecule has 1 aliphatic heterocycles. The molecular weight excluding hydrogens is 518 g/mol. The van der Waals surface area contributed by atoms with E-state index in [1.165, 1.54) is 18.2 Å². The minimum absolute atomic E-state index is 0.0905. The van der Waals surface area contributed by atoms with Gasteiger partial charge in [0.1, 0.15) is 13.2 Å². The van der Waals surface area contributed by atoms with Crippen molar-refractivity contribution in [2.75, 3.05) is 13.2 Å². The van der Waals surface area contributed by atoms with E-state index >= 15 is 0 Å². The van der Waals surface area contributed by atoms with Crippen molar-refractivity contribution in [1.82, 2.24) is 4.90 Å². The molecular formula is C22H18BrNO8S. The number of carbonyl (C=O) groups excluding carboxylic acids is 2. The summed E-state index contributed by atoms with van der Waals surface area (Å²) >= 11 is 4.08. The summed E-state index contributed by atoms with van der Waals surface area (Å²) in [6.07, 6.45) is 1.47. The van der Waals surface area contributed by atoms with Crippen LogP contribution < -0.4 is 9.47 Å². The molecule has 172 valence electrons. The van der Waals surface area contributed by atoms with Crippen LogP contribution in [0.4, 0.5) is 4.79 Å². The van der Waals surface area contributed by atoms with Gasteiger partial charge in [-0.15, -0.1) is 0 Å². The molecule has 1 aliphatic rings. The molecule has 0 aromatic heterocycles. The minimum atomic E-state index is -1.28. The maximum absolute atomic E-state index is 12.4. The van der Waals surface area contributed by atoms with Gasteiger partial charge < -0.3 is 19.7 Å². The molecule has 33 heavy (non-hydrogen) atoms. The number of benzene rings is 2. The first-order valence-corrected chi connectivity index (χ1v) is 11.2. The molecule has 9 nitrogen and oxygen atoms in total. The number of rotatable bonds is 9. The van der Waals surface area contributed by atoms with Gasteiger partial charge in [-0.2, -0.15) is 0 Å². The van der Waals surface area contributed by atoms with E-state index in [2.05, 4.69) is 15.9 Å². The summed E-state index contributed by atoms with van der Waals surface area (Å²) in [6, 6.07) is 9.65. The number of aliphatic carboxylic acids is 1. The molecule has 1 heterocycles. The molecule has 1 saturated heterocycles. The summed E-state index contributed by atoms with van der Waals surface area (Å²) in [7, 11) is 0. The lowest BCUT2D eigenvalue weighted by molar-refractivity contribution is -0.140. The van der Waals surface area contributed by atoms with Crippen LogP contribution in [-0.2, 0) is 16.2 Å². The molecule has 0 unspecified atom stereocenters. The Morgan fingerprint density at radius 2 is 1.91 bits per heavy atom. The molecule has 2 N–H and O–H groups in total. The Balaban J connectivity index is 1.85. The first-order chi connectivity index (χ1) is 15.7. The Bertz CT molecular complexity index is 1160. The van der Waals surface area contributed by atoms with Gasteiger partial charge in [0.15, 0.2) is 11.5 Å². The maximum Gasteiger partial charge on any atom is 0.335 e. The second-order valence-electron chi connectivity index (χ2n) is 6.72. The molecule has 3 rings (SSSR count). The molecule has 0 radical (unpaired) electrons. The number of hydrogen-bond donors (Lipinski definition) is 2. The van der Waals surface area contributed by atoms with Crippen molar-refractivity contribution in [3.63, 3.8) is 0 Å². The zero-order valence-electron chi connectivity index (χ0n) is 17.2. The van der Waals surface area contributed by atoms with Crippen molar-refractivity contribution >= 4 is 56.9 Å². The largest absolute Gasteiger partial charge is 0.490 e. The van der Waals surface area contributed by atoms with Crippen LogP contribution in [0.5, 0.6) is 11.5 Å². The number of amides is 2. The normalized spacial score (nSPS) is 14.6. The predicted molar refractivity (Wildman–Crippen MR) is 123 cm³/mol. The fourth-order valence-corrected chi connectivity index (χ4v) is 4.36. The Kier molecular flexibility index (Phi) is 7.77. The third kappa shape index (κ3) is 5.93. The first-order valence-electron chi connectivity index (χ1n) is 9.58. The number of carboxylic acid groups (broad SMARTS) is 2. The van der Waals surface area contributed by atoms with Crippen LogP contribution in [0.1, 0.15) is 28.4 Å². The highest BCUT2D eigenvalue weighted by Gasteiger charge is 2.36. The first kappa shape index (κ1) is 24.3. The lowest BCUT2D eigenvalue weighted by Crippen LogP contribution is -2.33.